The van der Waals surface area contributed by atoms with E-state index in [0.717, 1.165) is 0 Å². The summed E-state index contributed by atoms with van der Waals surface area (Å²) in [5.41, 5.74) is 2.26. The summed E-state index contributed by atoms with van der Waals surface area (Å²) in [6, 6.07) is 10.8. The molecule has 2 heterocycles. The van der Waals surface area contributed by atoms with Gasteiger partial charge in [0.2, 0.25) is 5.95 Å². The first-order valence-electron chi connectivity index (χ1n) is 9.96. The molecule has 3 rings (SSSR count). The molecule has 0 fully saturated rings. The average Bonchev–Trinajstić information content (AvgIpc) is 2.73. The summed E-state index contributed by atoms with van der Waals surface area (Å²) in [7, 11) is 0. The van der Waals surface area contributed by atoms with Gasteiger partial charge in [-0.2, -0.15) is 4.98 Å². The number of nitrogens with one attached hydrogen (secondary N) is 2. The molecule has 0 bridgehead atoms. The molecule has 0 spiro atoms. The summed E-state index contributed by atoms with van der Waals surface area (Å²) >= 11 is 0. The van der Waals surface area contributed by atoms with Gasteiger partial charge in [-0.05, 0) is 48.7 Å². The van der Waals surface area contributed by atoms with Crippen molar-refractivity contribution < 1.29 is 23.0 Å². The average molecular weight is 447 g/mol. The van der Waals surface area contributed by atoms with Gasteiger partial charge in [0.25, 0.3) is 0 Å². The van der Waals surface area contributed by atoms with E-state index in [1.807, 2.05) is 19.9 Å². The lowest BCUT2D eigenvalue weighted by Gasteiger charge is -2.21. The monoisotopic (exact) mass is 447 g/mol. The van der Waals surface area contributed by atoms with E-state index in [4.69, 9.17) is 0 Å². The molecule has 3 aromatic rings. The van der Waals surface area contributed by atoms with Gasteiger partial charge >= 0.3 is 6.36 Å². The summed E-state index contributed by atoms with van der Waals surface area (Å²) in [6.07, 6.45) is -3.11. The molecule has 0 aliphatic heterocycles. The highest BCUT2D eigenvalue weighted by Crippen LogP contribution is 2.29. The number of nitrogens with zero attached hydrogens (tertiary/aromatic N) is 3. The second-order valence-corrected chi connectivity index (χ2v) is 7.50. The Hall–Kier alpha value is -3.40. The van der Waals surface area contributed by atoms with Crippen LogP contribution in [0.5, 0.6) is 5.75 Å². The molecule has 0 unspecified atom stereocenters. The van der Waals surface area contributed by atoms with Crippen LogP contribution in [0.15, 0.2) is 48.7 Å². The molecule has 10 heteroatoms. The maximum absolute atomic E-state index is 12.5. The molecule has 170 valence electrons. The minimum atomic E-state index is -4.76. The Morgan fingerprint density at radius 2 is 1.84 bits per heavy atom. The summed E-state index contributed by atoms with van der Waals surface area (Å²) in [5, 5.41) is 15.9. The van der Waals surface area contributed by atoms with Crippen molar-refractivity contribution in [3.05, 3.63) is 54.2 Å². The highest BCUT2D eigenvalue weighted by Gasteiger charge is 2.31. The Morgan fingerprint density at radius 1 is 1.06 bits per heavy atom. The molecule has 0 radical (unpaired) electrons. The SMILES string of the molecule is Cc1cc(OC(F)(F)F)ccc1Nc1cc(-c2ccccn2)nc(N[C@@H](CO)C(C)C)n1. The quantitative estimate of drug-likeness (QED) is 0.451. The van der Waals surface area contributed by atoms with Crippen LogP contribution in [-0.2, 0) is 0 Å². The number of aliphatic hydroxyl groups excluding tert-OH is 1. The van der Waals surface area contributed by atoms with E-state index >= 15 is 0 Å². The van der Waals surface area contributed by atoms with Gasteiger partial charge in [0, 0.05) is 18.0 Å². The topological polar surface area (TPSA) is 92.2 Å². The van der Waals surface area contributed by atoms with Crippen molar-refractivity contribution in [1.29, 1.82) is 0 Å². The summed E-state index contributed by atoms with van der Waals surface area (Å²) < 4.78 is 41.4. The Bertz CT molecular complexity index is 1050. The smallest absolute Gasteiger partial charge is 0.406 e. The van der Waals surface area contributed by atoms with Gasteiger partial charge in [-0.3, -0.25) is 4.98 Å². The van der Waals surface area contributed by atoms with E-state index in [0.29, 0.717) is 28.5 Å². The molecule has 1 aromatic carbocycles. The van der Waals surface area contributed by atoms with Gasteiger partial charge in [-0.15, -0.1) is 13.2 Å². The first-order valence-corrected chi connectivity index (χ1v) is 9.96. The van der Waals surface area contributed by atoms with Crippen LogP contribution >= 0.6 is 0 Å². The molecule has 0 saturated heterocycles. The van der Waals surface area contributed by atoms with Gasteiger partial charge in [-0.1, -0.05) is 19.9 Å². The fourth-order valence-corrected chi connectivity index (χ4v) is 2.92. The number of aromatic nitrogens is 3. The maximum Gasteiger partial charge on any atom is 0.573 e. The number of anilines is 3. The van der Waals surface area contributed by atoms with Gasteiger partial charge < -0.3 is 20.5 Å². The number of hydrogen-bond donors (Lipinski definition) is 3. The third kappa shape index (κ3) is 6.30. The number of alkyl halides is 3. The van der Waals surface area contributed by atoms with Crippen LogP contribution in [0.1, 0.15) is 19.4 Å². The number of ether oxygens (including phenoxy) is 1. The van der Waals surface area contributed by atoms with E-state index in [1.54, 1.807) is 31.3 Å². The van der Waals surface area contributed by atoms with Crippen molar-refractivity contribution in [2.45, 2.75) is 33.2 Å². The summed E-state index contributed by atoms with van der Waals surface area (Å²) in [5.74, 6) is 0.527. The molecule has 0 amide bonds. The summed E-state index contributed by atoms with van der Waals surface area (Å²) in [6.45, 7) is 5.48. The van der Waals surface area contributed by atoms with Crippen LogP contribution in [0, 0.1) is 12.8 Å². The highest BCUT2D eigenvalue weighted by molar-refractivity contribution is 5.67. The maximum atomic E-state index is 12.5. The zero-order valence-electron chi connectivity index (χ0n) is 17.8. The standard InChI is InChI=1S/C22H24F3N5O2/c1-13(2)19(12-31)29-21-28-18(17-6-4-5-9-26-17)11-20(30-21)27-16-8-7-15(10-14(16)3)32-22(23,24)25/h4-11,13,19,31H,12H2,1-3H3,(H2,27,28,29,30)/t19-/m0/s1. The minimum absolute atomic E-state index is 0.0998. The zero-order valence-corrected chi connectivity index (χ0v) is 17.8. The Balaban J connectivity index is 1.94. The minimum Gasteiger partial charge on any atom is -0.406 e. The number of benzene rings is 1. The van der Waals surface area contributed by atoms with Crippen molar-refractivity contribution in [3.8, 4) is 17.1 Å². The highest BCUT2D eigenvalue weighted by atomic mass is 19.4. The van der Waals surface area contributed by atoms with Crippen molar-refractivity contribution in [2.24, 2.45) is 5.92 Å². The fraction of sp³-hybridized carbons (Fsp3) is 0.318. The Labute approximate surface area is 183 Å². The first kappa shape index (κ1) is 23.3. The molecule has 0 aliphatic rings. The summed E-state index contributed by atoms with van der Waals surface area (Å²) in [4.78, 5) is 13.3. The van der Waals surface area contributed by atoms with Crippen LogP contribution in [0.3, 0.4) is 0 Å². The predicted molar refractivity (Wildman–Crippen MR) is 116 cm³/mol. The second-order valence-electron chi connectivity index (χ2n) is 7.50. The number of pyridine rings is 1. The van der Waals surface area contributed by atoms with Crippen molar-refractivity contribution in [3.63, 3.8) is 0 Å². The number of aryl methyl sites for hydroxylation is 1. The molecule has 0 saturated carbocycles. The number of hydrogen-bond acceptors (Lipinski definition) is 7. The third-order valence-electron chi connectivity index (χ3n) is 4.66. The Morgan fingerprint density at radius 3 is 2.44 bits per heavy atom. The largest absolute Gasteiger partial charge is 0.573 e. The number of halogens is 3. The normalized spacial score (nSPS) is 12.5. The van der Waals surface area contributed by atoms with Crippen molar-refractivity contribution in [2.75, 3.05) is 17.2 Å². The van der Waals surface area contributed by atoms with Gasteiger partial charge in [-0.25, -0.2) is 4.98 Å². The zero-order chi connectivity index (χ0) is 23.3. The van der Waals surface area contributed by atoms with E-state index in [2.05, 4.69) is 30.3 Å². The lowest BCUT2D eigenvalue weighted by Crippen LogP contribution is -2.30. The third-order valence-corrected chi connectivity index (χ3v) is 4.66. The van der Waals surface area contributed by atoms with Gasteiger partial charge in [0.05, 0.1) is 24.0 Å². The molecule has 1 atom stereocenters. The van der Waals surface area contributed by atoms with Crippen molar-refractivity contribution >= 4 is 17.5 Å². The number of rotatable bonds is 8. The van der Waals surface area contributed by atoms with Gasteiger partial charge in [0.15, 0.2) is 0 Å². The van der Waals surface area contributed by atoms with Crippen LogP contribution < -0.4 is 15.4 Å². The molecular weight excluding hydrogens is 423 g/mol. The predicted octanol–water partition coefficient (Wildman–Crippen LogP) is 4.92. The van der Waals surface area contributed by atoms with Crippen LogP contribution in [-0.4, -0.2) is 39.1 Å². The Kier molecular flexibility index (Phi) is 7.14. The van der Waals surface area contributed by atoms with Crippen LogP contribution in [0.2, 0.25) is 0 Å². The fourth-order valence-electron chi connectivity index (χ4n) is 2.92. The lowest BCUT2D eigenvalue weighted by atomic mass is 10.1. The van der Waals surface area contributed by atoms with Crippen LogP contribution in [0.4, 0.5) is 30.6 Å². The van der Waals surface area contributed by atoms with E-state index in [9.17, 15) is 18.3 Å². The van der Waals surface area contributed by atoms with E-state index in [1.165, 1.54) is 18.2 Å². The molecule has 7 nitrogen and oxygen atoms in total. The second kappa shape index (κ2) is 9.82. The molecule has 2 aromatic heterocycles. The lowest BCUT2D eigenvalue weighted by molar-refractivity contribution is -0.274. The molecule has 3 N–H and O–H groups in total. The molecule has 32 heavy (non-hydrogen) atoms. The van der Waals surface area contributed by atoms with E-state index in [-0.39, 0.29) is 30.3 Å². The number of aliphatic hydroxyl groups is 1. The molecular formula is C22H24F3N5O2. The molecule has 0 aliphatic carbocycles. The van der Waals surface area contributed by atoms with Crippen LogP contribution in [0.25, 0.3) is 11.4 Å². The van der Waals surface area contributed by atoms with Gasteiger partial charge in [0.1, 0.15) is 11.6 Å². The van der Waals surface area contributed by atoms with Crippen molar-refractivity contribution in [1.82, 2.24) is 15.0 Å². The van der Waals surface area contributed by atoms with E-state index < -0.39 is 6.36 Å². The first-order chi connectivity index (χ1) is 15.1.